The van der Waals surface area contributed by atoms with Crippen molar-refractivity contribution in [2.45, 2.75) is 49.7 Å². The van der Waals surface area contributed by atoms with Gasteiger partial charge in [0.15, 0.2) is 0 Å². The molecule has 0 heterocycles. The molecule has 0 bridgehead atoms. The predicted octanol–water partition coefficient (Wildman–Crippen LogP) is 1.95. The fraction of sp³-hybridized carbons (Fsp3) is 1.00. The number of aliphatic hydroxyl groups is 1. The van der Waals surface area contributed by atoms with Crippen molar-refractivity contribution in [3.05, 3.63) is 0 Å². The van der Waals surface area contributed by atoms with E-state index in [0.717, 1.165) is 0 Å². The first-order chi connectivity index (χ1) is 5.13. The average molecular weight is 285 g/mol. The molecule has 3 heteroatoms. The molecule has 1 unspecified atom stereocenters. The average Bonchev–Trinajstić information content (AvgIpc) is 1.78. The number of β-amino-alcohol motifs (C(OH)–C–C–N with tert-alkyl or cyclic N) is 1. The van der Waals surface area contributed by atoms with Crippen molar-refractivity contribution in [3.63, 3.8) is 0 Å². The highest BCUT2D eigenvalue weighted by Crippen LogP contribution is 2.21. The third kappa shape index (κ3) is 6.20. The fourth-order valence-corrected chi connectivity index (χ4v) is 0.866. The van der Waals surface area contributed by atoms with Gasteiger partial charge in [0, 0.05) is 15.5 Å². The van der Waals surface area contributed by atoms with Crippen LogP contribution < -0.4 is 5.32 Å². The first-order valence-corrected chi connectivity index (χ1v) is 5.33. The molecule has 0 saturated heterocycles. The van der Waals surface area contributed by atoms with E-state index in [2.05, 4.69) is 48.7 Å². The summed E-state index contributed by atoms with van der Waals surface area (Å²) in [7, 11) is 0. The molecule has 2 N–H and O–H groups in total. The predicted molar refractivity (Wildman–Crippen MR) is 61.9 cm³/mol. The van der Waals surface area contributed by atoms with E-state index < -0.39 is 0 Å². The summed E-state index contributed by atoms with van der Waals surface area (Å²) in [5.41, 5.74) is 0.0862. The molecule has 12 heavy (non-hydrogen) atoms. The maximum atomic E-state index is 9.68. The molecule has 0 aromatic heterocycles. The Morgan fingerprint density at radius 3 is 1.92 bits per heavy atom. The van der Waals surface area contributed by atoms with E-state index in [9.17, 15) is 5.11 Å². The van der Waals surface area contributed by atoms with Crippen LogP contribution in [-0.4, -0.2) is 26.7 Å². The van der Waals surface area contributed by atoms with E-state index in [1.54, 1.807) is 0 Å². The minimum atomic E-state index is -0.294. The number of nitrogens with one attached hydrogen (secondary N) is 1. The fourth-order valence-electron chi connectivity index (χ4n) is 0.646. The monoisotopic (exact) mass is 285 g/mol. The van der Waals surface area contributed by atoms with Crippen molar-refractivity contribution in [1.29, 1.82) is 0 Å². The minimum absolute atomic E-state index is 0.0595. The van der Waals surface area contributed by atoms with E-state index in [4.69, 9.17) is 0 Å². The Bertz CT molecular complexity index is 134. The first-order valence-electron chi connectivity index (χ1n) is 4.25. The Kier molecular flexibility index (Phi) is 4.47. The van der Waals surface area contributed by atoms with Crippen LogP contribution in [0.15, 0.2) is 0 Å². The molecule has 0 aliphatic heterocycles. The van der Waals surface area contributed by atoms with Crippen molar-refractivity contribution < 1.29 is 5.11 Å². The Morgan fingerprint density at radius 2 is 1.67 bits per heavy atom. The van der Waals surface area contributed by atoms with E-state index in [0.29, 0.717) is 6.54 Å². The van der Waals surface area contributed by atoms with Crippen LogP contribution in [0.4, 0.5) is 0 Å². The molecule has 0 aromatic carbocycles. The van der Waals surface area contributed by atoms with Gasteiger partial charge >= 0.3 is 0 Å². The van der Waals surface area contributed by atoms with E-state index >= 15 is 0 Å². The molecule has 1 atom stereocenters. The van der Waals surface area contributed by atoms with Gasteiger partial charge in [-0.15, -0.1) is 0 Å². The summed E-state index contributed by atoms with van der Waals surface area (Å²) in [4.78, 5) is 0. The molecule has 0 fully saturated rings. The van der Waals surface area contributed by atoms with Crippen LogP contribution in [0.2, 0.25) is 0 Å². The molecular formula is C9H20INO. The van der Waals surface area contributed by atoms with E-state index in [1.807, 2.05) is 13.8 Å². The SMILES string of the molecule is CC(C)(C)NCC(O)C(C)(C)I. The Labute approximate surface area is 89.3 Å². The second-order valence-corrected chi connectivity index (χ2v) is 7.49. The van der Waals surface area contributed by atoms with Crippen LogP contribution in [-0.2, 0) is 0 Å². The van der Waals surface area contributed by atoms with Crippen LogP contribution in [0.1, 0.15) is 34.6 Å². The summed E-state index contributed by atoms with van der Waals surface area (Å²) in [5, 5.41) is 13.0. The molecule has 0 rings (SSSR count). The molecule has 0 aliphatic rings. The number of hydrogen-bond donors (Lipinski definition) is 2. The maximum Gasteiger partial charge on any atom is 0.0804 e. The van der Waals surface area contributed by atoms with Gasteiger partial charge in [-0.1, -0.05) is 22.6 Å². The van der Waals surface area contributed by atoms with Gasteiger partial charge in [0.2, 0.25) is 0 Å². The molecular weight excluding hydrogens is 265 g/mol. The quantitative estimate of drug-likeness (QED) is 0.613. The lowest BCUT2D eigenvalue weighted by molar-refractivity contribution is 0.137. The van der Waals surface area contributed by atoms with Gasteiger partial charge in [-0.05, 0) is 34.6 Å². The topological polar surface area (TPSA) is 32.3 Å². The molecule has 0 amide bonds. The van der Waals surface area contributed by atoms with Crippen LogP contribution >= 0.6 is 22.6 Å². The summed E-state index contributed by atoms with van der Waals surface area (Å²) in [6.45, 7) is 11.0. The van der Waals surface area contributed by atoms with Crippen LogP contribution in [0.25, 0.3) is 0 Å². The second-order valence-electron chi connectivity index (χ2n) is 4.71. The normalized spacial score (nSPS) is 16.2. The number of alkyl halides is 1. The van der Waals surface area contributed by atoms with Crippen LogP contribution in [0.5, 0.6) is 0 Å². The molecule has 0 saturated carbocycles. The van der Waals surface area contributed by atoms with Crippen molar-refractivity contribution in [1.82, 2.24) is 5.32 Å². The summed E-state index contributed by atoms with van der Waals surface area (Å²) >= 11 is 2.26. The Balaban J connectivity index is 3.80. The van der Waals surface area contributed by atoms with Gasteiger partial charge in [-0.2, -0.15) is 0 Å². The Morgan fingerprint density at radius 1 is 1.25 bits per heavy atom. The van der Waals surface area contributed by atoms with Crippen LogP contribution in [0, 0.1) is 0 Å². The number of rotatable bonds is 3. The lowest BCUT2D eigenvalue weighted by Gasteiger charge is -2.28. The van der Waals surface area contributed by atoms with E-state index in [-0.39, 0.29) is 15.1 Å². The van der Waals surface area contributed by atoms with Gasteiger partial charge in [-0.3, -0.25) is 0 Å². The van der Waals surface area contributed by atoms with Gasteiger partial charge in [0.05, 0.1) is 6.10 Å². The third-order valence-corrected chi connectivity index (χ3v) is 2.34. The zero-order valence-corrected chi connectivity index (χ0v) is 10.8. The van der Waals surface area contributed by atoms with Gasteiger partial charge in [-0.25, -0.2) is 0 Å². The van der Waals surface area contributed by atoms with Crippen molar-refractivity contribution in [3.8, 4) is 0 Å². The number of halogens is 1. The lowest BCUT2D eigenvalue weighted by Crippen LogP contribution is -2.46. The van der Waals surface area contributed by atoms with Crippen molar-refractivity contribution >= 4 is 22.6 Å². The van der Waals surface area contributed by atoms with Gasteiger partial charge < -0.3 is 10.4 Å². The number of hydrogen-bond acceptors (Lipinski definition) is 2. The second kappa shape index (κ2) is 4.24. The summed E-state index contributed by atoms with van der Waals surface area (Å²) < 4.78 is -0.0595. The van der Waals surface area contributed by atoms with Crippen molar-refractivity contribution in [2.75, 3.05) is 6.54 Å². The summed E-state index contributed by atoms with van der Waals surface area (Å²) in [6, 6.07) is 0. The zero-order valence-electron chi connectivity index (χ0n) is 8.61. The van der Waals surface area contributed by atoms with Gasteiger partial charge in [0.25, 0.3) is 0 Å². The standard InChI is InChI=1S/C9H20INO/c1-8(2,3)11-6-7(12)9(4,5)10/h7,11-12H,6H2,1-5H3. The number of aliphatic hydroxyl groups excluding tert-OH is 1. The smallest absolute Gasteiger partial charge is 0.0804 e. The molecule has 74 valence electrons. The zero-order chi connectivity index (χ0) is 9.99. The lowest BCUT2D eigenvalue weighted by atomic mass is 10.0. The van der Waals surface area contributed by atoms with Gasteiger partial charge in [0.1, 0.15) is 0 Å². The molecule has 0 aliphatic carbocycles. The van der Waals surface area contributed by atoms with E-state index in [1.165, 1.54) is 0 Å². The molecule has 0 radical (unpaired) electrons. The molecule has 0 aromatic rings. The summed E-state index contributed by atoms with van der Waals surface area (Å²) in [5.74, 6) is 0. The highest BCUT2D eigenvalue weighted by molar-refractivity contribution is 14.1. The third-order valence-electron chi connectivity index (χ3n) is 1.62. The largest absolute Gasteiger partial charge is 0.390 e. The molecule has 0 spiro atoms. The summed E-state index contributed by atoms with van der Waals surface area (Å²) in [6.07, 6.45) is -0.294. The maximum absolute atomic E-state index is 9.68. The first kappa shape index (κ1) is 12.7. The minimum Gasteiger partial charge on any atom is -0.390 e. The highest BCUT2D eigenvalue weighted by atomic mass is 127. The highest BCUT2D eigenvalue weighted by Gasteiger charge is 2.25. The van der Waals surface area contributed by atoms with Crippen molar-refractivity contribution in [2.24, 2.45) is 0 Å². The molecule has 2 nitrogen and oxygen atoms in total. The Hall–Kier alpha value is 0.650. The van der Waals surface area contributed by atoms with Crippen LogP contribution in [0.3, 0.4) is 0 Å².